The topological polar surface area (TPSA) is 65.7 Å². The normalized spacial score (nSPS) is 11.0. The van der Waals surface area contributed by atoms with E-state index in [4.69, 9.17) is 9.52 Å². The molecule has 0 bridgehead atoms. The van der Waals surface area contributed by atoms with Crippen molar-refractivity contribution >= 4 is 5.91 Å². The summed E-state index contributed by atoms with van der Waals surface area (Å²) in [4.78, 5) is 14.2. The van der Waals surface area contributed by atoms with Crippen LogP contribution in [0.1, 0.15) is 55.8 Å². The standard InChI is InChI=1S/C16H28N2O3/c1-3-18(4-2)13-14-9-10-15(21-14)16(20)17-11-7-5-6-8-12-19/h9-10,19H,3-8,11-13H2,1-2H3,(H,17,20). The second kappa shape index (κ2) is 10.4. The molecule has 0 aliphatic rings. The van der Waals surface area contributed by atoms with Gasteiger partial charge in [0.2, 0.25) is 0 Å². The molecule has 0 atom stereocenters. The van der Waals surface area contributed by atoms with Crippen LogP contribution in [0.3, 0.4) is 0 Å². The fourth-order valence-corrected chi connectivity index (χ4v) is 2.13. The van der Waals surface area contributed by atoms with Crippen molar-refractivity contribution in [2.45, 2.75) is 46.1 Å². The van der Waals surface area contributed by atoms with E-state index in [1.54, 1.807) is 6.07 Å². The van der Waals surface area contributed by atoms with Crippen LogP contribution in [0.25, 0.3) is 0 Å². The van der Waals surface area contributed by atoms with Crippen LogP contribution in [0, 0.1) is 0 Å². The van der Waals surface area contributed by atoms with Gasteiger partial charge in [0, 0.05) is 13.2 Å². The predicted octanol–water partition coefficient (Wildman–Crippen LogP) is 2.40. The second-order valence-corrected chi connectivity index (χ2v) is 5.12. The molecule has 0 saturated carbocycles. The van der Waals surface area contributed by atoms with E-state index in [1.807, 2.05) is 6.07 Å². The van der Waals surface area contributed by atoms with E-state index in [0.717, 1.165) is 51.1 Å². The van der Waals surface area contributed by atoms with Gasteiger partial charge in [-0.2, -0.15) is 0 Å². The Morgan fingerprint density at radius 2 is 1.90 bits per heavy atom. The third kappa shape index (κ3) is 6.78. The number of carbonyl (C=O) groups is 1. The van der Waals surface area contributed by atoms with E-state index in [9.17, 15) is 4.79 Å². The summed E-state index contributed by atoms with van der Waals surface area (Å²) >= 11 is 0. The lowest BCUT2D eigenvalue weighted by Gasteiger charge is -2.15. The Morgan fingerprint density at radius 3 is 2.57 bits per heavy atom. The Kier molecular flexibility index (Phi) is 8.78. The molecule has 1 aromatic rings. The molecule has 0 saturated heterocycles. The molecule has 0 fully saturated rings. The number of rotatable bonds is 11. The SMILES string of the molecule is CCN(CC)Cc1ccc(C(=O)NCCCCCCO)o1. The molecule has 1 amide bonds. The summed E-state index contributed by atoms with van der Waals surface area (Å²) in [6.45, 7) is 7.78. The smallest absolute Gasteiger partial charge is 0.286 e. The molecular formula is C16H28N2O3. The number of nitrogens with zero attached hydrogens (tertiary/aromatic N) is 1. The minimum atomic E-state index is -0.150. The van der Waals surface area contributed by atoms with Gasteiger partial charge in [-0.3, -0.25) is 9.69 Å². The highest BCUT2D eigenvalue weighted by molar-refractivity contribution is 5.91. The highest BCUT2D eigenvalue weighted by atomic mass is 16.4. The summed E-state index contributed by atoms with van der Waals surface area (Å²) in [6, 6.07) is 3.61. The van der Waals surface area contributed by atoms with Gasteiger partial charge >= 0.3 is 0 Å². The number of carbonyl (C=O) groups excluding carboxylic acids is 1. The van der Waals surface area contributed by atoms with Gasteiger partial charge in [-0.25, -0.2) is 0 Å². The van der Waals surface area contributed by atoms with Crippen molar-refractivity contribution in [3.05, 3.63) is 23.7 Å². The molecule has 120 valence electrons. The van der Waals surface area contributed by atoms with Crippen LogP contribution in [-0.4, -0.2) is 42.2 Å². The van der Waals surface area contributed by atoms with E-state index in [0.29, 0.717) is 12.3 Å². The predicted molar refractivity (Wildman–Crippen MR) is 83.2 cm³/mol. The third-order valence-electron chi connectivity index (χ3n) is 3.53. The van der Waals surface area contributed by atoms with E-state index in [2.05, 4.69) is 24.1 Å². The average Bonchev–Trinajstić information content (AvgIpc) is 2.96. The van der Waals surface area contributed by atoms with Crippen LogP contribution >= 0.6 is 0 Å². The summed E-state index contributed by atoms with van der Waals surface area (Å²) < 4.78 is 5.59. The van der Waals surface area contributed by atoms with Gasteiger partial charge in [-0.05, 0) is 38.1 Å². The van der Waals surface area contributed by atoms with Gasteiger partial charge in [0.05, 0.1) is 6.54 Å². The first-order chi connectivity index (χ1) is 10.2. The van der Waals surface area contributed by atoms with E-state index < -0.39 is 0 Å². The van der Waals surface area contributed by atoms with Crippen molar-refractivity contribution in [3.8, 4) is 0 Å². The largest absolute Gasteiger partial charge is 0.455 e. The Bertz CT molecular complexity index is 400. The van der Waals surface area contributed by atoms with Gasteiger partial charge in [-0.15, -0.1) is 0 Å². The molecular weight excluding hydrogens is 268 g/mol. The number of aliphatic hydroxyl groups excluding tert-OH is 1. The van der Waals surface area contributed by atoms with Gasteiger partial charge in [0.15, 0.2) is 5.76 Å². The third-order valence-corrected chi connectivity index (χ3v) is 3.53. The molecule has 5 heteroatoms. The Hall–Kier alpha value is -1.33. The molecule has 0 aromatic carbocycles. The van der Waals surface area contributed by atoms with Crippen molar-refractivity contribution in [1.29, 1.82) is 0 Å². The van der Waals surface area contributed by atoms with Crippen LogP contribution in [0.15, 0.2) is 16.5 Å². The maximum atomic E-state index is 11.9. The lowest BCUT2D eigenvalue weighted by Crippen LogP contribution is -2.24. The van der Waals surface area contributed by atoms with Crippen molar-refractivity contribution < 1.29 is 14.3 Å². The molecule has 1 aromatic heterocycles. The summed E-state index contributed by atoms with van der Waals surface area (Å²) in [6.07, 6.45) is 3.78. The fraction of sp³-hybridized carbons (Fsp3) is 0.688. The van der Waals surface area contributed by atoms with Crippen LogP contribution in [0.2, 0.25) is 0 Å². The molecule has 1 rings (SSSR count). The van der Waals surface area contributed by atoms with E-state index in [1.165, 1.54) is 0 Å². The van der Waals surface area contributed by atoms with Crippen molar-refractivity contribution in [2.75, 3.05) is 26.2 Å². The first-order valence-corrected chi connectivity index (χ1v) is 7.91. The number of aliphatic hydroxyl groups is 1. The van der Waals surface area contributed by atoms with Gasteiger partial charge < -0.3 is 14.8 Å². The molecule has 0 aliphatic carbocycles. The number of hydrogen-bond donors (Lipinski definition) is 2. The number of unbranched alkanes of at least 4 members (excludes halogenated alkanes) is 3. The van der Waals surface area contributed by atoms with Crippen LogP contribution in [0.4, 0.5) is 0 Å². The van der Waals surface area contributed by atoms with Crippen molar-refractivity contribution in [1.82, 2.24) is 10.2 Å². The summed E-state index contributed by atoms with van der Waals surface area (Å²) in [5.41, 5.74) is 0. The van der Waals surface area contributed by atoms with Gasteiger partial charge in [-0.1, -0.05) is 26.7 Å². The zero-order valence-electron chi connectivity index (χ0n) is 13.2. The quantitative estimate of drug-likeness (QED) is 0.615. The number of amides is 1. The zero-order valence-corrected chi connectivity index (χ0v) is 13.2. The number of furan rings is 1. The minimum Gasteiger partial charge on any atom is -0.455 e. The van der Waals surface area contributed by atoms with E-state index in [-0.39, 0.29) is 12.5 Å². The minimum absolute atomic E-state index is 0.150. The van der Waals surface area contributed by atoms with Gasteiger partial charge in [0.25, 0.3) is 5.91 Å². The molecule has 0 aliphatic heterocycles. The molecule has 0 spiro atoms. The molecule has 0 unspecified atom stereocenters. The highest BCUT2D eigenvalue weighted by Crippen LogP contribution is 2.10. The second-order valence-electron chi connectivity index (χ2n) is 5.12. The van der Waals surface area contributed by atoms with Crippen molar-refractivity contribution in [3.63, 3.8) is 0 Å². The van der Waals surface area contributed by atoms with Crippen LogP contribution in [0.5, 0.6) is 0 Å². The molecule has 0 radical (unpaired) electrons. The molecule has 1 heterocycles. The summed E-state index contributed by atoms with van der Waals surface area (Å²) in [5.74, 6) is 1.06. The Balaban J connectivity index is 2.30. The zero-order chi connectivity index (χ0) is 15.5. The maximum Gasteiger partial charge on any atom is 0.286 e. The monoisotopic (exact) mass is 296 g/mol. The summed E-state index contributed by atoms with van der Waals surface area (Å²) in [5, 5.41) is 11.5. The van der Waals surface area contributed by atoms with Crippen LogP contribution < -0.4 is 5.32 Å². The number of nitrogens with one attached hydrogen (secondary N) is 1. The first-order valence-electron chi connectivity index (χ1n) is 7.91. The van der Waals surface area contributed by atoms with Crippen molar-refractivity contribution in [2.24, 2.45) is 0 Å². The lowest BCUT2D eigenvalue weighted by atomic mass is 10.2. The number of hydrogen-bond acceptors (Lipinski definition) is 4. The molecule has 5 nitrogen and oxygen atoms in total. The molecule has 21 heavy (non-hydrogen) atoms. The summed E-state index contributed by atoms with van der Waals surface area (Å²) in [7, 11) is 0. The van der Waals surface area contributed by atoms with Crippen LogP contribution in [-0.2, 0) is 6.54 Å². The Morgan fingerprint density at radius 1 is 1.19 bits per heavy atom. The maximum absolute atomic E-state index is 11.9. The van der Waals surface area contributed by atoms with E-state index >= 15 is 0 Å². The Labute approximate surface area is 127 Å². The average molecular weight is 296 g/mol. The molecule has 2 N–H and O–H groups in total. The van der Waals surface area contributed by atoms with Gasteiger partial charge in [0.1, 0.15) is 5.76 Å². The fourth-order valence-electron chi connectivity index (χ4n) is 2.13. The first kappa shape index (κ1) is 17.7. The highest BCUT2D eigenvalue weighted by Gasteiger charge is 2.11. The lowest BCUT2D eigenvalue weighted by molar-refractivity contribution is 0.0921.